The molecule has 0 saturated carbocycles. The largest absolute Gasteiger partial charge is 0.491 e. The van der Waals surface area contributed by atoms with Crippen LogP contribution in [0.25, 0.3) is 0 Å². The van der Waals surface area contributed by atoms with Gasteiger partial charge < -0.3 is 20.5 Å². The SMILES string of the molecule is CCNC(=NCC(C)(C)SC)NCC(O)c1ccc(OC(C)C)cc1. The number of nitrogens with one attached hydrogen (secondary N) is 2. The maximum absolute atomic E-state index is 10.4. The Balaban J connectivity index is 2.61. The highest BCUT2D eigenvalue weighted by molar-refractivity contribution is 7.99. The predicted octanol–water partition coefficient (Wildman–Crippen LogP) is 3.20. The van der Waals surface area contributed by atoms with Crippen molar-refractivity contribution < 1.29 is 9.84 Å². The molecule has 0 fully saturated rings. The molecule has 1 aromatic rings. The first-order valence-electron chi connectivity index (χ1n) is 8.79. The molecule has 0 spiro atoms. The van der Waals surface area contributed by atoms with Gasteiger partial charge in [-0.3, -0.25) is 4.99 Å². The zero-order chi connectivity index (χ0) is 18.9. The number of hydrogen-bond acceptors (Lipinski definition) is 4. The van der Waals surface area contributed by atoms with E-state index in [1.807, 2.05) is 45.0 Å². The predicted molar refractivity (Wildman–Crippen MR) is 109 cm³/mol. The average molecular weight is 368 g/mol. The Morgan fingerprint density at radius 2 is 1.88 bits per heavy atom. The average Bonchev–Trinajstić information content (AvgIpc) is 2.57. The lowest BCUT2D eigenvalue weighted by Gasteiger charge is -2.21. The minimum Gasteiger partial charge on any atom is -0.491 e. The van der Waals surface area contributed by atoms with Gasteiger partial charge in [-0.25, -0.2) is 0 Å². The number of benzene rings is 1. The number of aliphatic hydroxyl groups excluding tert-OH is 1. The number of aliphatic imine (C=N–C) groups is 1. The highest BCUT2D eigenvalue weighted by atomic mass is 32.2. The van der Waals surface area contributed by atoms with Gasteiger partial charge in [0.05, 0.1) is 18.8 Å². The second-order valence-electron chi connectivity index (χ2n) is 6.79. The summed E-state index contributed by atoms with van der Waals surface area (Å²) in [6.07, 6.45) is 1.62. The van der Waals surface area contributed by atoms with E-state index >= 15 is 0 Å². The van der Waals surface area contributed by atoms with E-state index in [2.05, 4.69) is 35.7 Å². The molecule has 0 saturated heterocycles. The molecule has 1 rings (SSSR count). The van der Waals surface area contributed by atoms with Crippen molar-refractivity contribution in [1.82, 2.24) is 10.6 Å². The van der Waals surface area contributed by atoms with Crippen molar-refractivity contribution >= 4 is 17.7 Å². The highest BCUT2D eigenvalue weighted by Crippen LogP contribution is 2.21. The Kier molecular flexibility index (Phi) is 9.14. The number of guanidine groups is 1. The van der Waals surface area contributed by atoms with Crippen LogP contribution in [0.1, 0.15) is 46.3 Å². The first-order chi connectivity index (χ1) is 11.8. The van der Waals surface area contributed by atoms with Crippen LogP contribution in [0.4, 0.5) is 0 Å². The topological polar surface area (TPSA) is 65.9 Å². The van der Waals surface area contributed by atoms with Gasteiger partial charge in [0, 0.05) is 17.8 Å². The van der Waals surface area contributed by atoms with Crippen LogP contribution in [-0.4, -0.2) is 47.8 Å². The Morgan fingerprint density at radius 1 is 1.24 bits per heavy atom. The second-order valence-corrected chi connectivity index (χ2v) is 8.30. The van der Waals surface area contributed by atoms with Gasteiger partial charge in [-0.1, -0.05) is 12.1 Å². The molecule has 1 atom stereocenters. The van der Waals surface area contributed by atoms with E-state index in [4.69, 9.17) is 4.74 Å². The van der Waals surface area contributed by atoms with Crippen LogP contribution in [0.5, 0.6) is 5.75 Å². The van der Waals surface area contributed by atoms with Gasteiger partial charge in [-0.2, -0.15) is 11.8 Å². The fourth-order valence-electron chi connectivity index (χ4n) is 2.03. The summed E-state index contributed by atoms with van der Waals surface area (Å²) in [5, 5.41) is 16.8. The molecular formula is C19H33N3O2S. The van der Waals surface area contributed by atoms with E-state index in [9.17, 15) is 5.11 Å². The number of hydrogen-bond donors (Lipinski definition) is 3. The fraction of sp³-hybridized carbons (Fsp3) is 0.632. The molecule has 3 N–H and O–H groups in total. The lowest BCUT2D eigenvalue weighted by atomic mass is 10.1. The van der Waals surface area contributed by atoms with Crippen LogP contribution in [0.2, 0.25) is 0 Å². The number of aliphatic hydroxyl groups is 1. The zero-order valence-electron chi connectivity index (χ0n) is 16.3. The van der Waals surface area contributed by atoms with Crippen LogP contribution < -0.4 is 15.4 Å². The standard InChI is InChI=1S/C19H33N3O2S/c1-7-20-18(22-13-19(4,5)25-6)21-12-17(23)15-8-10-16(11-9-15)24-14(2)3/h8-11,14,17,23H,7,12-13H2,1-6H3,(H2,20,21,22). The number of ether oxygens (including phenoxy) is 1. The summed E-state index contributed by atoms with van der Waals surface area (Å²) >= 11 is 1.79. The van der Waals surface area contributed by atoms with Crippen molar-refractivity contribution in [2.75, 3.05) is 25.9 Å². The number of rotatable bonds is 9. The first-order valence-corrected chi connectivity index (χ1v) is 10.0. The van der Waals surface area contributed by atoms with Crippen LogP contribution in [0.3, 0.4) is 0 Å². The molecule has 5 nitrogen and oxygen atoms in total. The van der Waals surface area contributed by atoms with Crippen LogP contribution in [0, 0.1) is 0 Å². The smallest absolute Gasteiger partial charge is 0.191 e. The van der Waals surface area contributed by atoms with Crippen LogP contribution >= 0.6 is 11.8 Å². The van der Waals surface area contributed by atoms with Crippen molar-refractivity contribution in [2.45, 2.75) is 51.6 Å². The maximum atomic E-state index is 10.4. The van der Waals surface area contributed by atoms with E-state index in [0.717, 1.165) is 23.8 Å². The molecule has 25 heavy (non-hydrogen) atoms. The normalized spacial score (nSPS) is 13.7. The summed E-state index contributed by atoms with van der Waals surface area (Å²) in [6.45, 7) is 12.2. The van der Waals surface area contributed by atoms with Gasteiger partial charge in [0.15, 0.2) is 5.96 Å². The molecule has 0 amide bonds. The highest BCUT2D eigenvalue weighted by Gasteiger charge is 2.16. The summed E-state index contributed by atoms with van der Waals surface area (Å²) in [6, 6.07) is 7.56. The van der Waals surface area contributed by atoms with Gasteiger partial charge in [0.25, 0.3) is 0 Å². The van der Waals surface area contributed by atoms with Crippen molar-refractivity contribution in [1.29, 1.82) is 0 Å². The number of thioether (sulfide) groups is 1. The van der Waals surface area contributed by atoms with E-state index < -0.39 is 6.10 Å². The third kappa shape index (κ3) is 8.50. The van der Waals surface area contributed by atoms with E-state index in [1.54, 1.807) is 11.8 Å². The second kappa shape index (κ2) is 10.6. The lowest BCUT2D eigenvalue weighted by molar-refractivity contribution is 0.180. The van der Waals surface area contributed by atoms with Crippen molar-refractivity contribution in [3.63, 3.8) is 0 Å². The summed E-state index contributed by atoms with van der Waals surface area (Å²) < 4.78 is 5.72. The minimum atomic E-state index is -0.606. The van der Waals surface area contributed by atoms with Gasteiger partial charge in [0.1, 0.15) is 5.75 Å². The zero-order valence-corrected chi connectivity index (χ0v) is 17.1. The molecule has 0 aromatic heterocycles. The van der Waals surface area contributed by atoms with Crippen molar-refractivity contribution in [3.05, 3.63) is 29.8 Å². The molecule has 1 unspecified atom stereocenters. The molecule has 6 heteroatoms. The Hall–Kier alpha value is -1.40. The van der Waals surface area contributed by atoms with Crippen molar-refractivity contribution in [3.8, 4) is 5.75 Å². The van der Waals surface area contributed by atoms with E-state index in [0.29, 0.717) is 13.1 Å². The Labute approximate surface area is 156 Å². The van der Waals surface area contributed by atoms with Gasteiger partial charge in [-0.05, 0) is 58.6 Å². The van der Waals surface area contributed by atoms with Gasteiger partial charge >= 0.3 is 0 Å². The Bertz CT molecular complexity index is 530. The summed E-state index contributed by atoms with van der Waals surface area (Å²) in [5.74, 6) is 1.54. The molecule has 142 valence electrons. The third-order valence-electron chi connectivity index (χ3n) is 3.61. The number of nitrogens with zero attached hydrogens (tertiary/aromatic N) is 1. The van der Waals surface area contributed by atoms with Gasteiger partial charge in [0.2, 0.25) is 0 Å². The van der Waals surface area contributed by atoms with Crippen LogP contribution in [0.15, 0.2) is 29.3 Å². The monoisotopic (exact) mass is 367 g/mol. The van der Waals surface area contributed by atoms with Crippen LogP contribution in [-0.2, 0) is 0 Å². The molecule has 0 aliphatic heterocycles. The van der Waals surface area contributed by atoms with E-state index in [-0.39, 0.29) is 10.9 Å². The fourth-order valence-corrected chi connectivity index (χ4v) is 2.22. The molecule has 0 radical (unpaired) electrons. The molecule has 1 aromatic carbocycles. The summed E-state index contributed by atoms with van der Waals surface area (Å²) in [7, 11) is 0. The van der Waals surface area contributed by atoms with E-state index in [1.165, 1.54) is 0 Å². The lowest BCUT2D eigenvalue weighted by Crippen LogP contribution is -2.40. The molecule has 0 aliphatic carbocycles. The first kappa shape index (κ1) is 21.6. The molecule has 0 bridgehead atoms. The quantitative estimate of drug-likeness (QED) is 0.462. The minimum absolute atomic E-state index is 0.0905. The summed E-state index contributed by atoms with van der Waals surface area (Å²) in [5.41, 5.74) is 0.851. The molecule has 0 heterocycles. The van der Waals surface area contributed by atoms with Gasteiger partial charge in [-0.15, -0.1) is 0 Å². The molecule has 0 aliphatic rings. The van der Waals surface area contributed by atoms with Crippen molar-refractivity contribution in [2.24, 2.45) is 4.99 Å². The summed E-state index contributed by atoms with van der Waals surface area (Å²) in [4.78, 5) is 4.61. The Morgan fingerprint density at radius 3 is 2.40 bits per heavy atom. The maximum Gasteiger partial charge on any atom is 0.191 e. The third-order valence-corrected chi connectivity index (χ3v) is 4.85. The molecular weight excluding hydrogens is 334 g/mol.